The van der Waals surface area contributed by atoms with E-state index in [-0.39, 0.29) is 16.1 Å². The third kappa shape index (κ3) is 4.22. The van der Waals surface area contributed by atoms with Crippen molar-refractivity contribution in [2.24, 2.45) is 0 Å². The van der Waals surface area contributed by atoms with Gasteiger partial charge in [-0.25, -0.2) is 8.42 Å². The first-order valence-electron chi connectivity index (χ1n) is 8.01. The second-order valence-electron chi connectivity index (χ2n) is 5.58. The van der Waals surface area contributed by atoms with Crippen LogP contribution in [0.2, 0.25) is 0 Å². The lowest BCUT2D eigenvalue weighted by Crippen LogP contribution is -2.31. The smallest absolute Gasteiger partial charge is 0.271 e. The SMILES string of the molecule is CCN(CC)S(=O)(=O)c1ccc(C)c(C(=O)Nc2cc(Br)c[nH]c2=O)c1. The summed E-state index contributed by atoms with van der Waals surface area (Å²) in [7, 11) is -3.68. The number of halogens is 1. The molecule has 2 rings (SSSR count). The Morgan fingerprint density at radius 2 is 1.88 bits per heavy atom. The van der Waals surface area contributed by atoms with Crippen molar-refractivity contribution in [3.05, 3.63) is 56.4 Å². The van der Waals surface area contributed by atoms with Gasteiger partial charge >= 0.3 is 0 Å². The van der Waals surface area contributed by atoms with E-state index in [0.29, 0.717) is 23.1 Å². The van der Waals surface area contributed by atoms with Gasteiger partial charge < -0.3 is 10.3 Å². The number of benzene rings is 1. The molecule has 0 aliphatic rings. The standard InChI is InChI=1S/C17H20BrN3O4S/c1-4-21(5-2)26(24,25)13-7-6-11(3)14(9-13)16(22)20-15-8-12(18)10-19-17(15)23/h6-10H,4-5H2,1-3H3,(H,19,23)(H,20,22). The van der Waals surface area contributed by atoms with E-state index in [9.17, 15) is 18.0 Å². The molecule has 1 heterocycles. The van der Waals surface area contributed by atoms with Crippen LogP contribution in [0, 0.1) is 6.92 Å². The molecule has 0 fully saturated rings. The fourth-order valence-electron chi connectivity index (χ4n) is 2.46. The Balaban J connectivity index is 2.42. The molecule has 0 saturated carbocycles. The number of nitrogens with one attached hydrogen (secondary N) is 2. The summed E-state index contributed by atoms with van der Waals surface area (Å²) in [4.78, 5) is 26.9. The molecule has 0 spiro atoms. The van der Waals surface area contributed by atoms with Crippen LogP contribution in [-0.2, 0) is 10.0 Å². The summed E-state index contributed by atoms with van der Waals surface area (Å²) in [5, 5.41) is 2.52. The van der Waals surface area contributed by atoms with Gasteiger partial charge in [0.05, 0.1) is 4.90 Å². The zero-order chi connectivity index (χ0) is 19.5. The first-order valence-corrected chi connectivity index (χ1v) is 10.2. The molecule has 0 atom stereocenters. The highest BCUT2D eigenvalue weighted by atomic mass is 79.9. The number of H-pyrrole nitrogens is 1. The molecule has 1 aromatic heterocycles. The Kier molecular flexibility index (Phi) is 6.38. The van der Waals surface area contributed by atoms with Crippen molar-refractivity contribution < 1.29 is 13.2 Å². The number of anilines is 1. The number of rotatable bonds is 6. The molecule has 1 amide bonds. The van der Waals surface area contributed by atoms with Gasteiger partial charge in [-0.1, -0.05) is 19.9 Å². The highest BCUT2D eigenvalue weighted by molar-refractivity contribution is 9.10. The average molecular weight is 442 g/mol. The molecule has 0 radical (unpaired) electrons. The minimum atomic E-state index is -3.68. The summed E-state index contributed by atoms with van der Waals surface area (Å²) < 4.78 is 27.3. The number of pyridine rings is 1. The number of sulfonamides is 1. The van der Waals surface area contributed by atoms with Crippen LogP contribution in [-0.4, -0.2) is 36.7 Å². The summed E-state index contributed by atoms with van der Waals surface area (Å²) in [5.41, 5.74) is 0.414. The van der Waals surface area contributed by atoms with Crippen LogP contribution in [0.4, 0.5) is 5.69 Å². The van der Waals surface area contributed by atoms with Gasteiger partial charge in [-0.3, -0.25) is 9.59 Å². The lowest BCUT2D eigenvalue weighted by Gasteiger charge is -2.19. The number of hydrogen-bond acceptors (Lipinski definition) is 4. The summed E-state index contributed by atoms with van der Waals surface area (Å²) in [6, 6.07) is 5.87. The maximum absolute atomic E-state index is 12.7. The van der Waals surface area contributed by atoms with Gasteiger partial charge in [-0.15, -0.1) is 0 Å². The second kappa shape index (κ2) is 8.15. The molecule has 0 bridgehead atoms. The van der Waals surface area contributed by atoms with Crippen LogP contribution in [0.5, 0.6) is 0 Å². The lowest BCUT2D eigenvalue weighted by molar-refractivity contribution is 0.102. The van der Waals surface area contributed by atoms with Crippen molar-refractivity contribution >= 4 is 37.5 Å². The summed E-state index contributed by atoms with van der Waals surface area (Å²) in [6.45, 7) is 5.88. The minimum absolute atomic E-state index is 0.0418. The molecular weight excluding hydrogens is 422 g/mol. The van der Waals surface area contributed by atoms with Crippen molar-refractivity contribution in [2.45, 2.75) is 25.7 Å². The Labute approximate surface area is 160 Å². The van der Waals surface area contributed by atoms with Gasteiger partial charge in [0.15, 0.2) is 0 Å². The van der Waals surface area contributed by atoms with Crippen LogP contribution in [0.15, 0.2) is 44.6 Å². The third-order valence-corrected chi connectivity index (χ3v) is 6.42. The topological polar surface area (TPSA) is 99.3 Å². The van der Waals surface area contributed by atoms with E-state index in [2.05, 4.69) is 26.2 Å². The molecule has 0 aliphatic carbocycles. The summed E-state index contributed by atoms with van der Waals surface area (Å²) in [6.07, 6.45) is 1.46. The van der Waals surface area contributed by atoms with E-state index in [1.54, 1.807) is 26.8 Å². The van der Waals surface area contributed by atoms with Crippen molar-refractivity contribution in [1.29, 1.82) is 0 Å². The number of amides is 1. The van der Waals surface area contributed by atoms with Gasteiger partial charge in [0, 0.05) is 29.3 Å². The summed E-state index contributed by atoms with van der Waals surface area (Å²) in [5.74, 6) is -0.553. The molecule has 2 aromatic rings. The molecule has 0 unspecified atom stereocenters. The van der Waals surface area contributed by atoms with Gasteiger partial charge in [-0.05, 0) is 46.6 Å². The number of aryl methyl sites for hydroxylation is 1. The van der Waals surface area contributed by atoms with Gasteiger partial charge in [0.25, 0.3) is 11.5 Å². The second-order valence-corrected chi connectivity index (χ2v) is 8.43. The molecule has 9 heteroatoms. The quantitative estimate of drug-likeness (QED) is 0.719. The molecular formula is C17H20BrN3O4S. The Morgan fingerprint density at radius 3 is 2.50 bits per heavy atom. The van der Waals surface area contributed by atoms with Gasteiger partial charge in [0.1, 0.15) is 5.69 Å². The summed E-state index contributed by atoms with van der Waals surface area (Å²) >= 11 is 3.22. The van der Waals surface area contributed by atoms with Crippen molar-refractivity contribution in [3.8, 4) is 0 Å². The molecule has 140 valence electrons. The van der Waals surface area contributed by atoms with E-state index in [0.717, 1.165) is 0 Å². The van der Waals surface area contributed by atoms with Crippen LogP contribution in [0.25, 0.3) is 0 Å². The minimum Gasteiger partial charge on any atom is -0.326 e. The van der Waals surface area contributed by atoms with Crippen molar-refractivity contribution in [1.82, 2.24) is 9.29 Å². The largest absolute Gasteiger partial charge is 0.326 e. The normalized spacial score (nSPS) is 11.6. The maximum atomic E-state index is 12.7. The van der Waals surface area contributed by atoms with E-state index in [1.807, 2.05) is 0 Å². The van der Waals surface area contributed by atoms with E-state index >= 15 is 0 Å². The Hall–Kier alpha value is -1.97. The predicted octanol–water partition coefficient (Wildman–Crippen LogP) is 2.73. The number of carbonyl (C=O) groups excluding carboxylic acids is 1. The van der Waals surface area contributed by atoms with Crippen LogP contribution >= 0.6 is 15.9 Å². The van der Waals surface area contributed by atoms with E-state index in [1.165, 1.54) is 28.7 Å². The fraction of sp³-hybridized carbons (Fsp3) is 0.294. The van der Waals surface area contributed by atoms with Gasteiger partial charge in [-0.2, -0.15) is 4.31 Å². The van der Waals surface area contributed by atoms with Crippen molar-refractivity contribution in [3.63, 3.8) is 0 Å². The van der Waals surface area contributed by atoms with Crippen LogP contribution in [0.3, 0.4) is 0 Å². The van der Waals surface area contributed by atoms with E-state index in [4.69, 9.17) is 0 Å². The zero-order valence-electron chi connectivity index (χ0n) is 14.7. The van der Waals surface area contributed by atoms with Crippen LogP contribution < -0.4 is 10.9 Å². The molecule has 2 N–H and O–H groups in total. The van der Waals surface area contributed by atoms with E-state index < -0.39 is 21.5 Å². The highest BCUT2D eigenvalue weighted by Crippen LogP contribution is 2.20. The number of aromatic nitrogens is 1. The monoisotopic (exact) mass is 441 g/mol. The highest BCUT2D eigenvalue weighted by Gasteiger charge is 2.23. The maximum Gasteiger partial charge on any atom is 0.271 e. The first-order chi connectivity index (χ1) is 12.2. The molecule has 7 nitrogen and oxygen atoms in total. The average Bonchev–Trinajstić information content (AvgIpc) is 2.59. The number of carbonyl (C=O) groups is 1. The number of aromatic amines is 1. The lowest BCUT2D eigenvalue weighted by atomic mass is 10.1. The van der Waals surface area contributed by atoms with Gasteiger partial charge in [0.2, 0.25) is 10.0 Å². The zero-order valence-corrected chi connectivity index (χ0v) is 17.1. The predicted molar refractivity (Wildman–Crippen MR) is 104 cm³/mol. The first kappa shape index (κ1) is 20.3. The Bertz CT molecular complexity index is 982. The third-order valence-electron chi connectivity index (χ3n) is 3.91. The molecule has 0 aliphatic heterocycles. The molecule has 0 saturated heterocycles. The Morgan fingerprint density at radius 1 is 1.23 bits per heavy atom. The van der Waals surface area contributed by atoms with Crippen molar-refractivity contribution in [2.75, 3.05) is 18.4 Å². The fourth-order valence-corrected chi connectivity index (χ4v) is 4.29. The van der Waals surface area contributed by atoms with Crippen LogP contribution in [0.1, 0.15) is 29.8 Å². The number of nitrogens with zero attached hydrogens (tertiary/aromatic N) is 1. The molecule has 26 heavy (non-hydrogen) atoms. The number of hydrogen-bond donors (Lipinski definition) is 2. The molecule has 1 aromatic carbocycles.